The molecule has 1 aliphatic heterocycles. The average molecular weight is 529 g/mol. The zero-order valence-corrected chi connectivity index (χ0v) is 21.4. The maximum Gasteiger partial charge on any atom is 0.290 e. The van der Waals surface area contributed by atoms with Crippen LogP contribution in [0, 0.1) is 0 Å². The summed E-state index contributed by atoms with van der Waals surface area (Å²) < 4.78 is 9.74. The van der Waals surface area contributed by atoms with Gasteiger partial charge in [-0.3, -0.25) is 19.5 Å². The number of methoxy groups -OCH3 is 1. The Bertz CT molecular complexity index is 1520. The smallest absolute Gasteiger partial charge is 0.290 e. The standard InChI is InChI=1S/C25H22Cl2N4O3S/c1-3-4-7-30-19-6-5-14(9-22-24(32)29-25(33)35-22)8-15(19)10-21(30)23-28-18-11-16(26)17(27)12-20(18)31(23)13-34-2/h5-6,8-12H,3-4,7,13H2,1-2H3,(H,29,32,33)/b22-9+. The fraction of sp³-hybridized carbons (Fsp3) is 0.240. The summed E-state index contributed by atoms with van der Waals surface area (Å²) in [5.74, 6) is 0.385. The molecule has 1 fully saturated rings. The van der Waals surface area contributed by atoms with Crippen molar-refractivity contribution >= 4 is 74.1 Å². The van der Waals surface area contributed by atoms with Gasteiger partial charge in [-0.05, 0) is 60.2 Å². The molecule has 1 N–H and O–H groups in total. The van der Waals surface area contributed by atoms with Crippen molar-refractivity contribution in [3.8, 4) is 11.5 Å². The van der Waals surface area contributed by atoms with Gasteiger partial charge < -0.3 is 9.30 Å². The lowest BCUT2D eigenvalue weighted by atomic mass is 10.1. The minimum atomic E-state index is -0.369. The van der Waals surface area contributed by atoms with Gasteiger partial charge in [-0.2, -0.15) is 0 Å². The number of aromatic nitrogens is 3. The van der Waals surface area contributed by atoms with E-state index >= 15 is 0 Å². The molecule has 10 heteroatoms. The number of thioether (sulfide) groups is 1. The van der Waals surface area contributed by atoms with Crippen LogP contribution < -0.4 is 5.32 Å². The number of nitrogens with one attached hydrogen (secondary N) is 1. The molecule has 0 bridgehead atoms. The number of rotatable bonds is 7. The second-order valence-corrected chi connectivity index (χ2v) is 10.1. The summed E-state index contributed by atoms with van der Waals surface area (Å²) in [6, 6.07) is 11.7. The van der Waals surface area contributed by atoms with Crippen molar-refractivity contribution in [2.75, 3.05) is 7.11 Å². The molecule has 0 spiro atoms. The molecule has 0 unspecified atom stereocenters. The highest BCUT2D eigenvalue weighted by molar-refractivity contribution is 8.18. The molecule has 2 amide bonds. The average Bonchev–Trinajstić information content (AvgIpc) is 3.45. The molecule has 0 radical (unpaired) electrons. The zero-order valence-electron chi connectivity index (χ0n) is 19.1. The van der Waals surface area contributed by atoms with Crippen LogP contribution >= 0.6 is 35.0 Å². The van der Waals surface area contributed by atoms with Gasteiger partial charge in [0.25, 0.3) is 11.1 Å². The molecule has 4 aromatic rings. The van der Waals surface area contributed by atoms with E-state index in [1.165, 1.54) is 0 Å². The van der Waals surface area contributed by atoms with Crippen LogP contribution in [-0.2, 0) is 22.8 Å². The fourth-order valence-corrected chi connectivity index (χ4v) is 5.27. The second-order valence-electron chi connectivity index (χ2n) is 8.24. The molecule has 180 valence electrons. The van der Waals surface area contributed by atoms with Gasteiger partial charge in [-0.25, -0.2) is 4.98 Å². The quantitative estimate of drug-likeness (QED) is 0.270. The predicted molar refractivity (Wildman–Crippen MR) is 142 cm³/mol. The molecular formula is C25H22Cl2N4O3S. The van der Waals surface area contributed by atoms with Gasteiger partial charge in [-0.1, -0.05) is 42.6 Å². The lowest BCUT2D eigenvalue weighted by molar-refractivity contribution is -0.115. The Kier molecular flexibility index (Phi) is 6.63. The third kappa shape index (κ3) is 4.47. The van der Waals surface area contributed by atoms with E-state index in [1.807, 2.05) is 28.8 Å². The number of imide groups is 1. The van der Waals surface area contributed by atoms with Crippen molar-refractivity contribution < 1.29 is 14.3 Å². The first-order valence-electron chi connectivity index (χ1n) is 11.1. The normalized spacial score (nSPS) is 15.1. The van der Waals surface area contributed by atoms with Crippen molar-refractivity contribution in [1.82, 2.24) is 19.4 Å². The molecule has 0 saturated carbocycles. The Morgan fingerprint density at radius 3 is 2.60 bits per heavy atom. The van der Waals surface area contributed by atoms with E-state index in [1.54, 1.807) is 19.3 Å². The summed E-state index contributed by atoms with van der Waals surface area (Å²) in [7, 11) is 1.64. The Morgan fingerprint density at radius 1 is 1.09 bits per heavy atom. The van der Waals surface area contributed by atoms with E-state index in [4.69, 9.17) is 32.9 Å². The molecule has 3 heterocycles. The monoisotopic (exact) mass is 528 g/mol. The first-order valence-corrected chi connectivity index (χ1v) is 12.7. The lowest BCUT2D eigenvalue weighted by Gasteiger charge is -2.12. The summed E-state index contributed by atoms with van der Waals surface area (Å²) in [6.07, 6.45) is 3.78. The van der Waals surface area contributed by atoms with Crippen LogP contribution in [0.3, 0.4) is 0 Å². The number of hydrogen-bond acceptors (Lipinski definition) is 5. The summed E-state index contributed by atoms with van der Waals surface area (Å²) in [4.78, 5) is 28.8. The number of halogens is 2. The maximum absolute atomic E-state index is 12.0. The number of ether oxygens (including phenoxy) is 1. The van der Waals surface area contributed by atoms with E-state index in [9.17, 15) is 9.59 Å². The van der Waals surface area contributed by atoms with Gasteiger partial charge in [0.05, 0.1) is 31.7 Å². The molecule has 7 nitrogen and oxygen atoms in total. The van der Waals surface area contributed by atoms with Crippen molar-refractivity contribution in [2.45, 2.75) is 33.0 Å². The Balaban J connectivity index is 1.69. The fourth-order valence-electron chi connectivity index (χ4n) is 4.27. The molecule has 1 aliphatic rings. The number of amides is 2. The van der Waals surface area contributed by atoms with E-state index in [2.05, 4.69) is 22.9 Å². The Labute approximate surface area is 216 Å². The number of aryl methyl sites for hydroxylation is 1. The Hall–Kier alpha value is -2.78. The van der Waals surface area contributed by atoms with Gasteiger partial charge in [0.1, 0.15) is 6.73 Å². The van der Waals surface area contributed by atoms with Gasteiger partial charge >= 0.3 is 0 Å². The molecule has 1 saturated heterocycles. The highest BCUT2D eigenvalue weighted by Crippen LogP contribution is 2.35. The highest BCUT2D eigenvalue weighted by Gasteiger charge is 2.25. The molecule has 2 aromatic heterocycles. The van der Waals surface area contributed by atoms with Gasteiger partial charge in [0.2, 0.25) is 0 Å². The number of carbonyl (C=O) groups is 2. The minimum Gasteiger partial charge on any atom is -0.364 e. The summed E-state index contributed by atoms with van der Waals surface area (Å²) >= 11 is 13.5. The third-order valence-electron chi connectivity index (χ3n) is 5.88. The predicted octanol–water partition coefficient (Wildman–Crippen LogP) is 6.69. The SMILES string of the molecule is CCCCn1c(-c2nc3cc(Cl)c(Cl)cc3n2COC)cc2cc(/C=C3/SC(=O)NC3=O)ccc21. The van der Waals surface area contributed by atoms with E-state index < -0.39 is 0 Å². The maximum atomic E-state index is 12.0. The van der Waals surface area contributed by atoms with E-state index in [0.717, 1.165) is 70.2 Å². The number of nitrogens with zero attached hydrogens (tertiary/aromatic N) is 3. The van der Waals surface area contributed by atoms with Gasteiger partial charge in [0, 0.05) is 24.6 Å². The van der Waals surface area contributed by atoms with Crippen LogP contribution in [0.15, 0.2) is 41.3 Å². The molecule has 35 heavy (non-hydrogen) atoms. The second kappa shape index (κ2) is 9.70. The largest absolute Gasteiger partial charge is 0.364 e. The third-order valence-corrected chi connectivity index (χ3v) is 7.41. The van der Waals surface area contributed by atoms with E-state index in [-0.39, 0.29) is 11.1 Å². The van der Waals surface area contributed by atoms with E-state index in [0.29, 0.717) is 21.7 Å². The lowest BCUT2D eigenvalue weighted by Crippen LogP contribution is -2.17. The van der Waals surface area contributed by atoms with Gasteiger partial charge in [0.15, 0.2) is 5.82 Å². The Morgan fingerprint density at radius 2 is 1.89 bits per heavy atom. The topological polar surface area (TPSA) is 78.2 Å². The van der Waals surface area contributed by atoms with Crippen LogP contribution in [-0.4, -0.2) is 32.4 Å². The van der Waals surface area contributed by atoms with Crippen molar-refractivity contribution in [3.05, 3.63) is 56.9 Å². The van der Waals surface area contributed by atoms with Crippen LogP contribution in [0.5, 0.6) is 0 Å². The van der Waals surface area contributed by atoms with Crippen molar-refractivity contribution in [3.63, 3.8) is 0 Å². The number of carbonyl (C=O) groups excluding carboxylic acids is 2. The number of imidazole rings is 1. The van der Waals surface area contributed by atoms with Crippen LogP contribution in [0.25, 0.3) is 39.5 Å². The van der Waals surface area contributed by atoms with Crippen LogP contribution in [0.1, 0.15) is 25.3 Å². The summed E-state index contributed by atoms with van der Waals surface area (Å²) in [5.41, 5.74) is 4.42. The summed E-state index contributed by atoms with van der Waals surface area (Å²) in [6.45, 7) is 3.28. The molecule has 5 rings (SSSR count). The van der Waals surface area contributed by atoms with Crippen LogP contribution in [0.4, 0.5) is 4.79 Å². The van der Waals surface area contributed by atoms with Gasteiger partial charge in [-0.15, -0.1) is 0 Å². The summed E-state index contributed by atoms with van der Waals surface area (Å²) in [5, 5.41) is 3.85. The first kappa shape index (κ1) is 23.9. The van der Waals surface area contributed by atoms with Crippen molar-refractivity contribution in [2.24, 2.45) is 0 Å². The van der Waals surface area contributed by atoms with Crippen LogP contribution in [0.2, 0.25) is 10.0 Å². The highest BCUT2D eigenvalue weighted by atomic mass is 35.5. The van der Waals surface area contributed by atoms with Crippen molar-refractivity contribution in [1.29, 1.82) is 0 Å². The molecule has 0 aliphatic carbocycles. The molecule has 2 aromatic carbocycles. The zero-order chi connectivity index (χ0) is 24.7. The minimum absolute atomic E-state index is 0.302. The number of benzene rings is 2. The number of hydrogen-bond donors (Lipinski definition) is 1. The first-order chi connectivity index (χ1) is 16.9. The number of unbranched alkanes of at least 4 members (excludes halogenated alkanes) is 1. The number of fused-ring (bicyclic) bond motifs is 2. The molecular weight excluding hydrogens is 507 g/mol. The molecule has 0 atom stereocenters.